The van der Waals surface area contributed by atoms with Crippen molar-refractivity contribution in [3.63, 3.8) is 0 Å². The molecule has 0 unspecified atom stereocenters. The van der Waals surface area contributed by atoms with Crippen LogP contribution in [0, 0.1) is 0 Å². The Kier molecular flexibility index (Phi) is 15.0. The average Bonchev–Trinajstić information content (AvgIpc) is 3.89. The molecule has 3 heterocycles. The molecular weight excluding hydrogens is 692 g/mol. The van der Waals surface area contributed by atoms with Crippen molar-refractivity contribution in [1.29, 1.82) is 0 Å². The number of nitrogens with zero attached hydrogens (tertiary/aromatic N) is 2. The molecule has 286 valence electrons. The maximum atomic E-state index is 13.4. The number of aliphatic hydroxyl groups excluding tert-OH is 1. The highest BCUT2D eigenvalue weighted by Gasteiger charge is 2.39. The number of carboxylic acids is 2. The minimum atomic E-state index is -1.70. The Balaban J connectivity index is 1.62. The van der Waals surface area contributed by atoms with E-state index in [0.29, 0.717) is 25.1 Å². The van der Waals surface area contributed by atoms with Gasteiger partial charge < -0.3 is 62.8 Å². The first-order valence-electron chi connectivity index (χ1n) is 16.5. The minimum Gasteiger partial charge on any atom is -0.481 e. The van der Waals surface area contributed by atoms with E-state index in [9.17, 15) is 58.5 Å². The molecule has 0 aromatic carbocycles. The number of hydrogen-bond acceptors (Lipinski definition) is 12. The number of aliphatic carboxylic acids is 2. The highest BCUT2D eigenvalue weighted by molar-refractivity contribution is 5.98. The smallest absolute Gasteiger partial charge is 0.326 e. The van der Waals surface area contributed by atoms with Crippen molar-refractivity contribution in [2.45, 2.75) is 94.2 Å². The third kappa shape index (κ3) is 11.7. The number of hydrogen-bond donors (Lipinski definition) is 11. The lowest BCUT2D eigenvalue weighted by molar-refractivity contribution is -0.143. The van der Waals surface area contributed by atoms with Crippen LogP contribution in [-0.4, -0.2) is 145 Å². The summed E-state index contributed by atoms with van der Waals surface area (Å²) < 4.78 is 0. The van der Waals surface area contributed by atoms with Crippen LogP contribution >= 0.6 is 0 Å². The molecule has 1 aromatic heterocycles. The zero-order chi connectivity index (χ0) is 38.5. The summed E-state index contributed by atoms with van der Waals surface area (Å²) in [5, 5.41) is 43.2. The first kappa shape index (κ1) is 40.8. The number of imidazole rings is 1. The van der Waals surface area contributed by atoms with Crippen LogP contribution in [0.15, 0.2) is 12.5 Å². The summed E-state index contributed by atoms with van der Waals surface area (Å²) in [6, 6.07) is -9.41. The Morgan fingerprint density at radius 1 is 0.865 bits per heavy atom. The Labute approximate surface area is 296 Å². The second kappa shape index (κ2) is 19.1. The van der Waals surface area contributed by atoms with E-state index in [0.717, 1.165) is 11.3 Å². The Hall–Kier alpha value is -5.64. The van der Waals surface area contributed by atoms with E-state index in [-0.39, 0.29) is 19.4 Å². The molecule has 0 aliphatic carbocycles. The average molecular weight is 737 g/mol. The van der Waals surface area contributed by atoms with E-state index in [1.165, 1.54) is 19.4 Å². The van der Waals surface area contributed by atoms with Crippen molar-refractivity contribution in [3.8, 4) is 0 Å². The molecule has 3 rings (SSSR count). The fourth-order valence-electron chi connectivity index (χ4n) is 5.73. The number of likely N-dealkylation sites (tertiary alicyclic amines) is 1. The standard InChI is InChI=1S/C30H44N10O12/c1-14(35-25(46)18(10-23(43)44)37-24(45)16-4-2-6-33-16)29(50)40-7-3-5-21(40)28(49)39-20(12-41)27(48)36-17(9-22(31)42)26(47)38-19(30(51)52)8-15-11-32-13-34-15/h11,13-14,16-21,33,41H,2-10,12H2,1H3,(H2,31,42)(H,32,34)(H,35,46)(H,36,48)(H,37,45)(H,38,47)(H,39,49)(H,43,44)(H,51,52)/t14-,16-,17-,18-,19-,20-,21-/m0/s1. The monoisotopic (exact) mass is 736 g/mol. The third-order valence-corrected chi connectivity index (χ3v) is 8.40. The van der Waals surface area contributed by atoms with Gasteiger partial charge in [0.05, 0.1) is 31.8 Å². The SMILES string of the molecule is C[C@H](NC(=O)[C@H](CC(=O)O)NC(=O)[C@@H]1CCCN1)C(=O)N1CCC[C@H]1C(=O)N[C@@H](CO)C(=O)N[C@@H](CC(N)=O)C(=O)N[C@@H](Cc1cnc[nH]1)C(=O)O. The van der Waals surface area contributed by atoms with Crippen LogP contribution in [0.5, 0.6) is 0 Å². The first-order chi connectivity index (χ1) is 24.6. The van der Waals surface area contributed by atoms with Crippen molar-refractivity contribution >= 4 is 53.3 Å². The Bertz CT molecular complexity index is 1500. The largest absolute Gasteiger partial charge is 0.481 e. The number of nitrogens with one attached hydrogen (secondary N) is 7. The lowest BCUT2D eigenvalue weighted by Crippen LogP contribution is -2.60. The highest BCUT2D eigenvalue weighted by Crippen LogP contribution is 2.19. The third-order valence-electron chi connectivity index (χ3n) is 8.40. The number of carboxylic acid groups (broad SMARTS) is 2. The van der Waals surface area contributed by atoms with Gasteiger partial charge in [-0.3, -0.25) is 38.4 Å². The van der Waals surface area contributed by atoms with E-state index < -0.39 is 115 Å². The van der Waals surface area contributed by atoms with Crippen molar-refractivity contribution in [2.24, 2.45) is 5.73 Å². The number of carbonyl (C=O) groups excluding carboxylic acids is 7. The van der Waals surface area contributed by atoms with Gasteiger partial charge in [-0.2, -0.15) is 0 Å². The number of primary amides is 1. The van der Waals surface area contributed by atoms with Gasteiger partial charge in [0.15, 0.2) is 0 Å². The van der Waals surface area contributed by atoms with E-state index in [1.807, 2.05) is 0 Å². The van der Waals surface area contributed by atoms with Gasteiger partial charge in [0, 0.05) is 24.9 Å². The predicted molar refractivity (Wildman–Crippen MR) is 174 cm³/mol. The number of rotatable bonds is 19. The van der Waals surface area contributed by atoms with Gasteiger partial charge >= 0.3 is 11.9 Å². The first-order valence-corrected chi connectivity index (χ1v) is 16.5. The fourth-order valence-corrected chi connectivity index (χ4v) is 5.73. The highest BCUT2D eigenvalue weighted by atomic mass is 16.4. The number of aromatic nitrogens is 2. The van der Waals surface area contributed by atoms with Gasteiger partial charge in [0.2, 0.25) is 41.4 Å². The van der Waals surface area contributed by atoms with Gasteiger partial charge in [-0.1, -0.05) is 0 Å². The van der Waals surface area contributed by atoms with Crippen LogP contribution in [0.4, 0.5) is 0 Å². The van der Waals surface area contributed by atoms with Crippen LogP contribution < -0.4 is 37.6 Å². The Morgan fingerprint density at radius 2 is 1.50 bits per heavy atom. The molecule has 0 saturated carbocycles. The summed E-state index contributed by atoms with van der Waals surface area (Å²) in [5.41, 5.74) is 5.60. The summed E-state index contributed by atoms with van der Waals surface area (Å²) in [6.45, 7) is 0.979. The molecule has 0 spiro atoms. The van der Waals surface area contributed by atoms with E-state index in [2.05, 4.69) is 41.9 Å². The van der Waals surface area contributed by atoms with Gasteiger partial charge in [-0.15, -0.1) is 0 Å². The molecule has 0 bridgehead atoms. The number of aromatic amines is 1. The van der Waals surface area contributed by atoms with E-state index in [1.54, 1.807) is 0 Å². The quantitative estimate of drug-likeness (QED) is 0.0632. The van der Waals surface area contributed by atoms with Gasteiger partial charge in [0.1, 0.15) is 36.3 Å². The van der Waals surface area contributed by atoms with Crippen molar-refractivity contribution in [2.75, 3.05) is 19.7 Å². The molecule has 2 saturated heterocycles. The van der Waals surface area contributed by atoms with Crippen LogP contribution in [0.3, 0.4) is 0 Å². The van der Waals surface area contributed by atoms with E-state index in [4.69, 9.17) is 5.73 Å². The normalized spacial score (nSPS) is 19.6. The van der Waals surface area contributed by atoms with Crippen molar-refractivity contribution < 1.29 is 58.5 Å². The number of amides is 7. The van der Waals surface area contributed by atoms with Gasteiger partial charge in [-0.05, 0) is 39.2 Å². The van der Waals surface area contributed by atoms with Crippen LogP contribution in [0.1, 0.15) is 51.1 Å². The number of nitrogens with two attached hydrogens (primary N) is 1. The molecule has 2 aliphatic rings. The zero-order valence-electron chi connectivity index (χ0n) is 28.3. The second-order valence-corrected chi connectivity index (χ2v) is 12.4. The Morgan fingerprint density at radius 3 is 2.08 bits per heavy atom. The van der Waals surface area contributed by atoms with Gasteiger partial charge in [-0.25, -0.2) is 9.78 Å². The zero-order valence-corrected chi connectivity index (χ0v) is 28.3. The summed E-state index contributed by atoms with van der Waals surface area (Å²) in [4.78, 5) is 121. The topological polar surface area (TPSA) is 344 Å². The van der Waals surface area contributed by atoms with Crippen LogP contribution in [-0.2, 0) is 49.6 Å². The predicted octanol–water partition coefficient (Wildman–Crippen LogP) is -5.43. The lowest BCUT2D eigenvalue weighted by Gasteiger charge is -2.29. The van der Waals surface area contributed by atoms with Crippen molar-refractivity contribution in [3.05, 3.63) is 18.2 Å². The lowest BCUT2D eigenvalue weighted by atomic mass is 10.1. The number of aliphatic hydroxyl groups is 1. The van der Waals surface area contributed by atoms with Crippen molar-refractivity contribution in [1.82, 2.24) is 46.8 Å². The molecule has 52 heavy (non-hydrogen) atoms. The van der Waals surface area contributed by atoms with Crippen LogP contribution in [0.25, 0.3) is 0 Å². The molecule has 2 aliphatic heterocycles. The summed E-state index contributed by atoms with van der Waals surface area (Å²) >= 11 is 0. The fraction of sp³-hybridized carbons (Fsp3) is 0.600. The number of H-pyrrole nitrogens is 1. The molecule has 0 radical (unpaired) electrons. The molecule has 1 aromatic rings. The molecule has 2 fully saturated rings. The molecule has 22 heteroatoms. The minimum absolute atomic E-state index is 0.0694. The molecular formula is C30H44N10O12. The van der Waals surface area contributed by atoms with E-state index >= 15 is 0 Å². The van der Waals surface area contributed by atoms with Crippen LogP contribution in [0.2, 0.25) is 0 Å². The maximum absolute atomic E-state index is 13.4. The second-order valence-electron chi connectivity index (χ2n) is 12.4. The van der Waals surface area contributed by atoms with Gasteiger partial charge in [0.25, 0.3) is 0 Å². The summed E-state index contributed by atoms with van der Waals surface area (Å²) in [7, 11) is 0. The molecule has 7 atom stereocenters. The maximum Gasteiger partial charge on any atom is 0.326 e. The number of carbonyl (C=O) groups is 9. The molecule has 12 N–H and O–H groups in total. The summed E-state index contributed by atoms with van der Waals surface area (Å²) in [6.07, 6.45) is 2.61. The molecule has 22 nitrogen and oxygen atoms in total. The summed E-state index contributed by atoms with van der Waals surface area (Å²) in [5.74, 6) is -9.15. The molecule has 7 amide bonds.